The Bertz CT molecular complexity index is 385. The minimum absolute atomic E-state index is 0.130. The molecule has 3 aliphatic rings. The fourth-order valence-electron chi connectivity index (χ4n) is 3.88. The Morgan fingerprint density at radius 1 is 1.05 bits per heavy atom. The number of carbonyl (C=O) groups is 1. The molecule has 0 radical (unpaired) electrons. The zero-order chi connectivity index (χ0) is 14.9. The van der Waals surface area contributed by atoms with Crippen LogP contribution in [0.1, 0.15) is 38.5 Å². The molecule has 3 aliphatic heterocycles. The summed E-state index contributed by atoms with van der Waals surface area (Å²) in [6.07, 6.45) is 5.29. The van der Waals surface area contributed by atoms with Crippen molar-refractivity contribution < 1.29 is 13.6 Å². The molecule has 0 saturated carbocycles. The number of rotatable bonds is 2. The minimum atomic E-state index is -2.73. The van der Waals surface area contributed by atoms with E-state index >= 15 is 0 Å². The molecule has 3 saturated heterocycles. The van der Waals surface area contributed by atoms with Gasteiger partial charge in [0.2, 0.25) is 5.91 Å². The zero-order valence-electron chi connectivity index (χ0n) is 12.5. The summed E-state index contributed by atoms with van der Waals surface area (Å²) in [6.45, 7) is 3.41. The molecule has 2 atom stereocenters. The Hall–Kier alpha value is -0.750. The lowest BCUT2D eigenvalue weighted by Crippen LogP contribution is -2.44. The van der Waals surface area contributed by atoms with E-state index in [2.05, 4.69) is 10.2 Å². The van der Waals surface area contributed by atoms with Crippen LogP contribution in [0.5, 0.6) is 0 Å². The SMILES string of the molecule is O=C(C1CC(F)(F)CN1)N1CCCC(N2CCCC2)CC1. The van der Waals surface area contributed by atoms with Gasteiger partial charge in [0.15, 0.2) is 0 Å². The number of carbonyl (C=O) groups excluding carboxylic acids is 1. The van der Waals surface area contributed by atoms with Crippen LogP contribution in [0, 0.1) is 0 Å². The second kappa shape index (κ2) is 6.16. The van der Waals surface area contributed by atoms with Crippen LogP contribution in [-0.4, -0.2) is 66.4 Å². The van der Waals surface area contributed by atoms with Gasteiger partial charge in [-0.3, -0.25) is 10.1 Å². The summed E-state index contributed by atoms with van der Waals surface area (Å²) in [6, 6.07) is -0.119. The van der Waals surface area contributed by atoms with Crippen LogP contribution in [0.2, 0.25) is 0 Å². The Morgan fingerprint density at radius 2 is 1.81 bits per heavy atom. The highest BCUT2D eigenvalue weighted by Gasteiger charge is 2.43. The smallest absolute Gasteiger partial charge is 0.262 e. The summed E-state index contributed by atoms with van der Waals surface area (Å²) < 4.78 is 26.5. The first-order chi connectivity index (χ1) is 10.1. The summed E-state index contributed by atoms with van der Waals surface area (Å²) in [4.78, 5) is 16.7. The largest absolute Gasteiger partial charge is 0.341 e. The van der Waals surface area contributed by atoms with Crippen LogP contribution in [0.3, 0.4) is 0 Å². The molecular formula is C15H25F2N3O. The van der Waals surface area contributed by atoms with Crippen molar-refractivity contribution in [3.05, 3.63) is 0 Å². The lowest BCUT2D eigenvalue weighted by molar-refractivity contribution is -0.133. The van der Waals surface area contributed by atoms with E-state index in [0.717, 1.165) is 19.3 Å². The first kappa shape index (κ1) is 15.2. The van der Waals surface area contributed by atoms with E-state index in [9.17, 15) is 13.6 Å². The maximum Gasteiger partial charge on any atom is 0.262 e. The molecule has 0 aliphatic carbocycles. The third-order valence-electron chi connectivity index (χ3n) is 5.07. The second-order valence-corrected chi connectivity index (χ2v) is 6.65. The third-order valence-corrected chi connectivity index (χ3v) is 5.07. The molecule has 1 N–H and O–H groups in total. The van der Waals surface area contributed by atoms with Crippen LogP contribution in [0.4, 0.5) is 8.78 Å². The normalized spacial score (nSPS) is 34.1. The molecule has 0 aromatic heterocycles. The van der Waals surface area contributed by atoms with Gasteiger partial charge in [0.1, 0.15) is 0 Å². The van der Waals surface area contributed by atoms with Crippen molar-refractivity contribution in [3.63, 3.8) is 0 Å². The van der Waals surface area contributed by atoms with Gasteiger partial charge < -0.3 is 9.80 Å². The van der Waals surface area contributed by atoms with Gasteiger partial charge in [-0.2, -0.15) is 0 Å². The van der Waals surface area contributed by atoms with E-state index in [1.807, 2.05) is 0 Å². The molecule has 6 heteroatoms. The Labute approximate surface area is 124 Å². The fourth-order valence-corrected chi connectivity index (χ4v) is 3.88. The van der Waals surface area contributed by atoms with Crippen molar-refractivity contribution in [2.45, 2.75) is 56.5 Å². The molecule has 4 nitrogen and oxygen atoms in total. The number of hydrogen-bond acceptors (Lipinski definition) is 3. The molecule has 3 rings (SSSR count). The Kier molecular flexibility index (Phi) is 4.45. The van der Waals surface area contributed by atoms with Gasteiger partial charge in [-0.1, -0.05) is 0 Å². The number of hydrogen-bond donors (Lipinski definition) is 1. The van der Waals surface area contributed by atoms with Crippen molar-refractivity contribution in [3.8, 4) is 0 Å². The number of nitrogens with zero attached hydrogens (tertiary/aromatic N) is 2. The van der Waals surface area contributed by atoms with Gasteiger partial charge in [-0.05, 0) is 45.2 Å². The van der Waals surface area contributed by atoms with E-state index < -0.39 is 12.0 Å². The van der Waals surface area contributed by atoms with Gasteiger partial charge in [-0.25, -0.2) is 8.78 Å². The summed E-state index contributed by atoms with van der Waals surface area (Å²) >= 11 is 0. The fraction of sp³-hybridized carbons (Fsp3) is 0.933. The standard InChI is InChI=1S/C15H25F2N3O/c16-15(17)10-13(18-11-15)14(21)20-8-3-4-12(5-9-20)19-6-1-2-7-19/h12-13,18H,1-11H2. The molecule has 120 valence electrons. The van der Waals surface area contributed by atoms with Gasteiger partial charge in [-0.15, -0.1) is 0 Å². The van der Waals surface area contributed by atoms with Crippen molar-refractivity contribution in [1.29, 1.82) is 0 Å². The highest BCUT2D eigenvalue weighted by atomic mass is 19.3. The van der Waals surface area contributed by atoms with Crippen molar-refractivity contribution in [2.24, 2.45) is 0 Å². The Morgan fingerprint density at radius 3 is 2.48 bits per heavy atom. The van der Waals surface area contributed by atoms with Gasteiger partial charge in [0, 0.05) is 25.6 Å². The second-order valence-electron chi connectivity index (χ2n) is 6.65. The van der Waals surface area contributed by atoms with Crippen molar-refractivity contribution in [2.75, 3.05) is 32.7 Å². The molecule has 1 amide bonds. The predicted molar refractivity (Wildman–Crippen MR) is 76.4 cm³/mol. The molecule has 0 aromatic carbocycles. The van der Waals surface area contributed by atoms with Crippen LogP contribution in [0.15, 0.2) is 0 Å². The summed E-state index contributed by atoms with van der Waals surface area (Å²) in [7, 11) is 0. The lowest BCUT2D eigenvalue weighted by Gasteiger charge is -2.27. The van der Waals surface area contributed by atoms with E-state index in [1.54, 1.807) is 4.90 Å². The van der Waals surface area contributed by atoms with Crippen LogP contribution >= 0.6 is 0 Å². The van der Waals surface area contributed by atoms with E-state index in [0.29, 0.717) is 19.1 Å². The van der Waals surface area contributed by atoms with Crippen LogP contribution in [-0.2, 0) is 4.79 Å². The molecular weight excluding hydrogens is 276 g/mol. The molecule has 21 heavy (non-hydrogen) atoms. The van der Waals surface area contributed by atoms with Gasteiger partial charge >= 0.3 is 0 Å². The zero-order valence-corrected chi connectivity index (χ0v) is 12.5. The first-order valence-electron chi connectivity index (χ1n) is 8.19. The monoisotopic (exact) mass is 301 g/mol. The summed E-state index contributed by atoms with van der Waals surface area (Å²) in [5.74, 6) is -2.86. The maximum absolute atomic E-state index is 13.2. The molecule has 0 bridgehead atoms. The predicted octanol–water partition coefficient (Wildman–Crippen LogP) is 1.46. The van der Waals surface area contributed by atoms with Crippen LogP contribution in [0.25, 0.3) is 0 Å². The maximum atomic E-state index is 13.2. The first-order valence-corrected chi connectivity index (χ1v) is 8.19. The Balaban J connectivity index is 1.53. The van der Waals surface area contributed by atoms with E-state index in [4.69, 9.17) is 0 Å². The van der Waals surface area contributed by atoms with Crippen LogP contribution < -0.4 is 5.32 Å². The molecule has 2 unspecified atom stereocenters. The highest BCUT2D eigenvalue weighted by Crippen LogP contribution is 2.27. The lowest BCUT2D eigenvalue weighted by atomic mass is 10.1. The van der Waals surface area contributed by atoms with Crippen molar-refractivity contribution >= 4 is 5.91 Å². The topological polar surface area (TPSA) is 35.6 Å². The summed E-state index contributed by atoms with van der Waals surface area (Å²) in [5.41, 5.74) is 0. The van der Waals surface area contributed by atoms with Gasteiger partial charge in [0.05, 0.1) is 12.6 Å². The number of likely N-dealkylation sites (tertiary alicyclic amines) is 2. The molecule has 3 fully saturated rings. The quantitative estimate of drug-likeness (QED) is 0.839. The van der Waals surface area contributed by atoms with Crippen molar-refractivity contribution in [1.82, 2.24) is 15.1 Å². The molecule has 3 heterocycles. The van der Waals surface area contributed by atoms with E-state index in [1.165, 1.54) is 25.9 Å². The number of alkyl halides is 2. The average Bonchev–Trinajstić information content (AvgIpc) is 3.02. The number of amides is 1. The number of nitrogens with one attached hydrogen (secondary N) is 1. The third kappa shape index (κ3) is 3.54. The highest BCUT2D eigenvalue weighted by molar-refractivity contribution is 5.82. The van der Waals surface area contributed by atoms with Gasteiger partial charge in [0.25, 0.3) is 5.92 Å². The molecule has 0 spiro atoms. The number of halogens is 2. The van der Waals surface area contributed by atoms with E-state index in [-0.39, 0.29) is 18.9 Å². The molecule has 0 aromatic rings. The summed E-state index contributed by atoms with van der Waals surface area (Å²) in [5, 5.41) is 2.68. The average molecular weight is 301 g/mol. The minimum Gasteiger partial charge on any atom is -0.341 e.